The van der Waals surface area contributed by atoms with Gasteiger partial charge in [-0.25, -0.2) is 0 Å². The molecule has 2 aliphatic rings. The molecular formula is C20H29Cl2N3O4. The molecule has 1 fully saturated rings. The molecule has 2 atom stereocenters. The second kappa shape index (κ2) is 10.7. The number of rotatable bonds is 7. The van der Waals surface area contributed by atoms with Crippen LogP contribution >= 0.6 is 23.2 Å². The Balaban J connectivity index is 1.66. The number of halogens is 2. The van der Waals surface area contributed by atoms with Crippen LogP contribution in [-0.4, -0.2) is 77.0 Å². The van der Waals surface area contributed by atoms with E-state index in [-0.39, 0.29) is 28.0 Å². The number of likely N-dealkylation sites (N-methyl/N-ethyl adjacent to an activating group) is 1. The van der Waals surface area contributed by atoms with E-state index in [1.54, 1.807) is 13.2 Å². The van der Waals surface area contributed by atoms with Gasteiger partial charge >= 0.3 is 0 Å². The lowest BCUT2D eigenvalue weighted by Gasteiger charge is -2.37. The van der Waals surface area contributed by atoms with Crippen LogP contribution in [0.2, 0.25) is 10.0 Å². The molecule has 162 valence electrons. The van der Waals surface area contributed by atoms with Gasteiger partial charge in [0.15, 0.2) is 11.5 Å². The number of nitrogens with one attached hydrogen (secondary N) is 2. The van der Waals surface area contributed by atoms with E-state index in [0.717, 1.165) is 32.6 Å². The van der Waals surface area contributed by atoms with Gasteiger partial charge in [0.1, 0.15) is 5.02 Å². The molecule has 0 saturated carbocycles. The lowest BCUT2D eigenvalue weighted by molar-refractivity contribution is -0.00980. The molecule has 3 rings (SSSR count). The zero-order valence-electron chi connectivity index (χ0n) is 16.9. The molecule has 1 saturated heterocycles. The van der Waals surface area contributed by atoms with Crippen LogP contribution in [0.3, 0.4) is 0 Å². The number of ether oxygens (including phenoxy) is 3. The number of piperidine rings is 1. The standard InChI is InChI=1S/C20H29Cl2N3O4/c1-23-5-7-25-6-4-13(16(12-25)27-2)11-24-20(26)14-10-15(21)17(22)19-18(14)28-8-3-9-29-19/h10,13,16,23H,3-9,11-12H2,1-2H3,(H,24,26)/t13-,16+/m0/s1. The summed E-state index contributed by atoms with van der Waals surface area (Å²) in [6.45, 7) is 5.23. The van der Waals surface area contributed by atoms with Crippen LogP contribution in [0.4, 0.5) is 0 Å². The molecule has 0 bridgehead atoms. The fraction of sp³-hybridized carbons (Fsp3) is 0.650. The molecule has 0 aliphatic carbocycles. The summed E-state index contributed by atoms with van der Waals surface area (Å²) in [6.07, 6.45) is 1.75. The Labute approximate surface area is 181 Å². The maximum atomic E-state index is 12.9. The van der Waals surface area contributed by atoms with Crippen LogP contribution in [0.1, 0.15) is 23.2 Å². The van der Waals surface area contributed by atoms with Crippen LogP contribution in [-0.2, 0) is 4.74 Å². The smallest absolute Gasteiger partial charge is 0.255 e. The van der Waals surface area contributed by atoms with Gasteiger partial charge in [-0.3, -0.25) is 9.69 Å². The summed E-state index contributed by atoms with van der Waals surface area (Å²) in [4.78, 5) is 15.3. The van der Waals surface area contributed by atoms with Gasteiger partial charge in [0.25, 0.3) is 5.91 Å². The highest BCUT2D eigenvalue weighted by atomic mass is 35.5. The molecule has 0 aromatic heterocycles. The van der Waals surface area contributed by atoms with Crippen molar-refractivity contribution in [2.24, 2.45) is 5.92 Å². The number of nitrogens with zero attached hydrogens (tertiary/aromatic N) is 1. The van der Waals surface area contributed by atoms with Gasteiger partial charge in [-0.15, -0.1) is 0 Å². The Morgan fingerprint density at radius 1 is 1.31 bits per heavy atom. The molecule has 9 heteroatoms. The average Bonchev–Trinajstić information content (AvgIpc) is 2.99. The lowest BCUT2D eigenvalue weighted by Crippen LogP contribution is -2.49. The van der Waals surface area contributed by atoms with Crippen LogP contribution in [0.15, 0.2) is 6.07 Å². The Morgan fingerprint density at radius 3 is 2.79 bits per heavy atom. The minimum atomic E-state index is -0.252. The summed E-state index contributed by atoms with van der Waals surface area (Å²) in [5, 5.41) is 6.74. The molecule has 2 aliphatic heterocycles. The predicted molar refractivity (Wildman–Crippen MR) is 114 cm³/mol. The average molecular weight is 446 g/mol. The summed E-state index contributed by atoms with van der Waals surface area (Å²) in [5.41, 5.74) is 0.344. The first-order valence-corrected chi connectivity index (χ1v) is 10.8. The number of benzene rings is 1. The van der Waals surface area contributed by atoms with Gasteiger partial charge in [0, 0.05) is 45.6 Å². The number of hydrogen-bond acceptors (Lipinski definition) is 6. The fourth-order valence-corrected chi connectivity index (χ4v) is 4.15. The van der Waals surface area contributed by atoms with E-state index in [0.29, 0.717) is 43.2 Å². The third-order valence-corrected chi connectivity index (χ3v) is 6.21. The zero-order chi connectivity index (χ0) is 20.8. The largest absolute Gasteiger partial charge is 0.489 e. The predicted octanol–water partition coefficient (Wildman–Crippen LogP) is 2.44. The molecule has 0 unspecified atom stereocenters. The number of amides is 1. The number of likely N-dealkylation sites (tertiary alicyclic amines) is 1. The topological polar surface area (TPSA) is 72.1 Å². The van der Waals surface area contributed by atoms with Crippen molar-refractivity contribution < 1.29 is 19.0 Å². The van der Waals surface area contributed by atoms with E-state index >= 15 is 0 Å². The van der Waals surface area contributed by atoms with Crippen molar-refractivity contribution in [1.29, 1.82) is 0 Å². The van der Waals surface area contributed by atoms with Crippen molar-refractivity contribution in [3.63, 3.8) is 0 Å². The molecule has 1 amide bonds. The van der Waals surface area contributed by atoms with Crippen LogP contribution in [0.5, 0.6) is 11.5 Å². The second-order valence-corrected chi connectivity index (χ2v) is 8.15. The molecule has 2 heterocycles. The molecule has 29 heavy (non-hydrogen) atoms. The molecule has 2 N–H and O–H groups in total. The zero-order valence-corrected chi connectivity index (χ0v) is 18.4. The van der Waals surface area contributed by atoms with Gasteiger partial charge in [-0.05, 0) is 26.1 Å². The maximum Gasteiger partial charge on any atom is 0.255 e. The van der Waals surface area contributed by atoms with Gasteiger partial charge in [-0.1, -0.05) is 23.2 Å². The molecule has 0 spiro atoms. The van der Waals surface area contributed by atoms with E-state index < -0.39 is 0 Å². The number of carbonyl (C=O) groups is 1. The normalized spacial score (nSPS) is 22.2. The summed E-state index contributed by atoms with van der Waals surface area (Å²) < 4.78 is 17.1. The summed E-state index contributed by atoms with van der Waals surface area (Å²) in [7, 11) is 3.68. The van der Waals surface area contributed by atoms with Gasteiger partial charge < -0.3 is 24.8 Å². The molecule has 7 nitrogen and oxygen atoms in total. The summed E-state index contributed by atoms with van der Waals surface area (Å²) >= 11 is 12.5. The molecule has 0 radical (unpaired) electrons. The Morgan fingerprint density at radius 2 is 2.07 bits per heavy atom. The first kappa shape index (κ1) is 22.4. The minimum Gasteiger partial charge on any atom is -0.489 e. The highest BCUT2D eigenvalue weighted by Gasteiger charge is 2.30. The van der Waals surface area contributed by atoms with Crippen molar-refractivity contribution in [1.82, 2.24) is 15.5 Å². The van der Waals surface area contributed by atoms with Gasteiger partial charge in [0.2, 0.25) is 0 Å². The van der Waals surface area contributed by atoms with Crippen LogP contribution < -0.4 is 20.1 Å². The Bertz CT molecular complexity index is 719. The highest BCUT2D eigenvalue weighted by molar-refractivity contribution is 6.43. The number of methoxy groups -OCH3 is 1. The van der Waals surface area contributed by atoms with Crippen molar-refractivity contribution in [2.45, 2.75) is 18.9 Å². The van der Waals surface area contributed by atoms with Crippen molar-refractivity contribution in [3.05, 3.63) is 21.7 Å². The number of hydrogen-bond donors (Lipinski definition) is 2. The summed E-state index contributed by atoms with van der Waals surface area (Å²) in [6, 6.07) is 1.54. The van der Waals surface area contributed by atoms with E-state index in [9.17, 15) is 4.79 Å². The summed E-state index contributed by atoms with van der Waals surface area (Å²) in [5.74, 6) is 0.695. The SMILES string of the molecule is CNCCN1CC[C@@H](CNC(=O)c2cc(Cl)c(Cl)c3c2OCCCO3)[C@H](OC)C1. The van der Waals surface area contributed by atoms with Gasteiger partial charge in [0.05, 0.1) is 29.9 Å². The number of carbonyl (C=O) groups excluding carboxylic acids is 1. The molecule has 1 aromatic rings. The number of fused-ring (bicyclic) bond motifs is 1. The van der Waals surface area contributed by atoms with Gasteiger partial charge in [-0.2, -0.15) is 0 Å². The second-order valence-electron chi connectivity index (χ2n) is 7.37. The lowest BCUT2D eigenvalue weighted by atomic mass is 9.93. The maximum absolute atomic E-state index is 12.9. The first-order valence-electron chi connectivity index (χ1n) is 10.0. The van der Waals surface area contributed by atoms with Crippen LogP contribution in [0, 0.1) is 5.92 Å². The minimum absolute atomic E-state index is 0.0754. The third kappa shape index (κ3) is 5.47. The van der Waals surface area contributed by atoms with E-state index in [2.05, 4.69) is 15.5 Å². The fourth-order valence-electron chi connectivity index (χ4n) is 3.76. The van der Waals surface area contributed by atoms with Crippen LogP contribution in [0.25, 0.3) is 0 Å². The Hall–Kier alpha value is -1.25. The van der Waals surface area contributed by atoms with Crippen molar-refractivity contribution >= 4 is 29.1 Å². The van der Waals surface area contributed by atoms with E-state index in [1.165, 1.54) is 0 Å². The molecule has 1 aromatic carbocycles. The Kier molecular flexibility index (Phi) is 8.26. The molecular weight excluding hydrogens is 417 g/mol. The quantitative estimate of drug-likeness (QED) is 0.671. The van der Waals surface area contributed by atoms with Crippen molar-refractivity contribution in [2.75, 3.05) is 60.1 Å². The first-order chi connectivity index (χ1) is 14.0. The van der Waals surface area contributed by atoms with Crippen molar-refractivity contribution in [3.8, 4) is 11.5 Å². The highest BCUT2D eigenvalue weighted by Crippen LogP contribution is 2.44. The van der Waals surface area contributed by atoms with E-state index in [4.69, 9.17) is 37.4 Å². The monoisotopic (exact) mass is 445 g/mol. The van der Waals surface area contributed by atoms with E-state index in [1.807, 2.05) is 7.05 Å². The third-order valence-electron chi connectivity index (χ3n) is 5.44.